The van der Waals surface area contributed by atoms with Gasteiger partial charge in [0.15, 0.2) is 0 Å². The fraction of sp³-hybridized carbons (Fsp3) is 0.423. The lowest BCUT2D eigenvalue weighted by Gasteiger charge is -2.23. The summed E-state index contributed by atoms with van der Waals surface area (Å²) < 4.78 is 7.53. The SMILES string of the molecule is CCCn1c(CC[C@H](NC(=O)OC(C)(C)C)C(=O)NOCc2ccccc2)nc2ccccc21. The Morgan fingerprint density at radius 2 is 1.76 bits per heavy atom. The molecule has 1 atom stereocenters. The van der Waals surface area contributed by atoms with Crippen molar-refractivity contribution in [1.29, 1.82) is 0 Å². The molecule has 0 fully saturated rings. The van der Waals surface area contributed by atoms with E-state index in [9.17, 15) is 9.59 Å². The van der Waals surface area contributed by atoms with Crippen LogP contribution in [0.3, 0.4) is 0 Å². The third-order valence-electron chi connectivity index (χ3n) is 5.10. The van der Waals surface area contributed by atoms with Crippen molar-refractivity contribution < 1.29 is 19.2 Å². The standard InChI is InChI=1S/C26H34N4O4/c1-5-17-30-22-14-10-9-13-20(22)27-23(30)16-15-21(28-25(32)34-26(2,3)4)24(31)29-33-18-19-11-7-6-8-12-19/h6-14,21H,5,15-18H2,1-4H3,(H,28,32)(H,29,31)/t21-/m0/s1. The number of amides is 2. The van der Waals surface area contributed by atoms with E-state index in [0.717, 1.165) is 35.4 Å². The van der Waals surface area contributed by atoms with Gasteiger partial charge >= 0.3 is 6.09 Å². The number of aromatic nitrogens is 2. The van der Waals surface area contributed by atoms with Crippen LogP contribution in [0, 0.1) is 0 Å². The molecular formula is C26H34N4O4. The quantitative estimate of drug-likeness (QED) is 0.429. The van der Waals surface area contributed by atoms with E-state index in [4.69, 9.17) is 14.6 Å². The molecule has 8 nitrogen and oxygen atoms in total. The summed E-state index contributed by atoms with van der Waals surface area (Å²) in [6, 6.07) is 16.6. The van der Waals surface area contributed by atoms with Crippen LogP contribution < -0.4 is 10.8 Å². The summed E-state index contributed by atoms with van der Waals surface area (Å²) in [7, 11) is 0. The van der Waals surface area contributed by atoms with Crippen LogP contribution in [-0.4, -0.2) is 33.2 Å². The van der Waals surface area contributed by atoms with E-state index in [2.05, 4.69) is 22.3 Å². The molecule has 0 spiro atoms. The molecule has 3 aromatic rings. The van der Waals surface area contributed by atoms with Gasteiger partial charge in [0.05, 0.1) is 17.6 Å². The van der Waals surface area contributed by atoms with Crippen LogP contribution in [0.2, 0.25) is 0 Å². The molecule has 3 rings (SSSR count). The molecule has 0 bridgehead atoms. The number of fused-ring (bicyclic) bond motifs is 1. The highest BCUT2D eigenvalue weighted by molar-refractivity contribution is 5.85. The summed E-state index contributed by atoms with van der Waals surface area (Å²) in [6.45, 7) is 8.49. The van der Waals surface area contributed by atoms with Crippen molar-refractivity contribution in [2.45, 2.75) is 71.8 Å². The van der Waals surface area contributed by atoms with E-state index < -0.39 is 23.6 Å². The second-order valence-corrected chi connectivity index (χ2v) is 9.15. The van der Waals surface area contributed by atoms with Gasteiger partial charge in [-0.15, -0.1) is 0 Å². The van der Waals surface area contributed by atoms with E-state index in [-0.39, 0.29) is 6.61 Å². The number of nitrogens with one attached hydrogen (secondary N) is 2. The number of carbonyl (C=O) groups excluding carboxylic acids is 2. The molecule has 0 unspecified atom stereocenters. The minimum atomic E-state index is -0.847. The topological polar surface area (TPSA) is 94.5 Å². The van der Waals surface area contributed by atoms with Gasteiger partial charge in [-0.05, 0) is 51.3 Å². The molecule has 0 saturated carbocycles. The molecule has 2 N–H and O–H groups in total. The summed E-state index contributed by atoms with van der Waals surface area (Å²) in [5.41, 5.74) is 4.69. The van der Waals surface area contributed by atoms with E-state index in [1.54, 1.807) is 20.8 Å². The largest absolute Gasteiger partial charge is 0.444 e. The minimum Gasteiger partial charge on any atom is -0.444 e. The number of nitrogens with zero attached hydrogens (tertiary/aromatic N) is 2. The lowest BCUT2D eigenvalue weighted by Crippen LogP contribution is -2.48. The summed E-state index contributed by atoms with van der Waals surface area (Å²) in [6.07, 6.45) is 1.15. The third-order valence-corrected chi connectivity index (χ3v) is 5.10. The summed E-state index contributed by atoms with van der Waals surface area (Å²) >= 11 is 0. The lowest BCUT2D eigenvalue weighted by molar-refractivity contribution is -0.137. The van der Waals surface area contributed by atoms with Gasteiger partial charge in [-0.1, -0.05) is 49.4 Å². The number of hydrogen-bond acceptors (Lipinski definition) is 5. The fourth-order valence-electron chi connectivity index (χ4n) is 3.62. The van der Waals surface area contributed by atoms with E-state index in [1.807, 2.05) is 54.6 Å². The molecule has 2 amide bonds. The summed E-state index contributed by atoms with van der Waals surface area (Å²) in [4.78, 5) is 35.5. The normalized spacial score (nSPS) is 12.4. The van der Waals surface area contributed by atoms with Gasteiger partial charge in [0.25, 0.3) is 5.91 Å². The second kappa shape index (κ2) is 11.7. The average molecular weight is 467 g/mol. The van der Waals surface area contributed by atoms with Gasteiger partial charge < -0.3 is 14.6 Å². The molecule has 0 aliphatic rings. The van der Waals surface area contributed by atoms with Gasteiger partial charge in [-0.2, -0.15) is 0 Å². The monoisotopic (exact) mass is 466 g/mol. The van der Waals surface area contributed by atoms with E-state index in [0.29, 0.717) is 12.8 Å². The maximum absolute atomic E-state index is 12.9. The van der Waals surface area contributed by atoms with Crippen LogP contribution in [0.5, 0.6) is 0 Å². The highest BCUT2D eigenvalue weighted by Crippen LogP contribution is 2.18. The Hall–Kier alpha value is -3.39. The van der Waals surface area contributed by atoms with Crippen LogP contribution >= 0.6 is 0 Å². The number of aryl methyl sites for hydroxylation is 2. The molecule has 2 aromatic carbocycles. The van der Waals surface area contributed by atoms with Gasteiger partial charge in [0, 0.05) is 13.0 Å². The maximum atomic E-state index is 12.9. The molecule has 0 saturated heterocycles. The van der Waals surface area contributed by atoms with Crippen molar-refractivity contribution in [1.82, 2.24) is 20.3 Å². The Labute approximate surface area is 200 Å². The van der Waals surface area contributed by atoms with Crippen LogP contribution in [0.15, 0.2) is 54.6 Å². The van der Waals surface area contributed by atoms with Crippen molar-refractivity contribution in [3.8, 4) is 0 Å². The summed E-state index contributed by atoms with van der Waals surface area (Å²) in [5.74, 6) is 0.428. The number of ether oxygens (including phenoxy) is 1. The molecule has 34 heavy (non-hydrogen) atoms. The first-order valence-electron chi connectivity index (χ1n) is 11.7. The van der Waals surface area contributed by atoms with E-state index in [1.165, 1.54) is 0 Å². The Balaban J connectivity index is 1.70. The van der Waals surface area contributed by atoms with Crippen molar-refractivity contribution in [2.75, 3.05) is 0 Å². The number of hydrogen-bond donors (Lipinski definition) is 2. The van der Waals surface area contributed by atoms with Gasteiger partial charge in [0.1, 0.15) is 17.5 Å². The zero-order valence-electron chi connectivity index (χ0n) is 20.3. The highest BCUT2D eigenvalue weighted by atomic mass is 16.7. The van der Waals surface area contributed by atoms with Crippen molar-refractivity contribution in [3.05, 3.63) is 66.0 Å². The third kappa shape index (κ3) is 7.31. The molecular weight excluding hydrogens is 432 g/mol. The Kier molecular flexibility index (Phi) is 8.65. The number of imidazole rings is 1. The van der Waals surface area contributed by atoms with Gasteiger partial charge in [-0.3, -0.25) is 9.63 Å². The van der Waals surface area contributed by atoms with Crippen LogP contribution in [-0.2, 0) is 33.9 Å². The fourth-order valence-corrected chi connectivity index (χ4v) is 3.62. The predicted molar refractivity (Wildman–Crippen MR) is 131 cm³/mol. The van der Waals surface area contributed by atoms with Crippen LogP contribution in [0.1, 0.15) is 51.9 Å². The van der Waals surface area contributed by atoms with Crippen molar-refractivity contribution in [3.63, 3.8) is 0 Å². The number of alkyl carbamates (subject to hydrolysis) is 1. The first-order chi connectivity index (χ1) is 16.3. The van der Waals surface area contributed by atoms with Crippen LogP contribution in [0.4, 0.5) is 4.79 Å². The number of carbonyl (C=O) groups is 2. The Bertz CT molecular complexity index is 1090. The first kappa shape index (κ1) is 25.2. The maximum Gasteiger partial charge on any atom is 0.408 e. The molecule has 0 radical (unpaired) electrons. The predicted octanol–water partition coefficient (Wildman–Crippen LogP) is 4.52. The number of benzene rings is 2. The van der Waals surface area contributed by atoms with Gasteiger partial charge in [0.2, 0.25) is 0 Å². The van der Waals surface area contributed by atoms with Crippen LogP contribution in [0.25, 0.3) is 11.0 Å². The Morgan fingerprint density at radius 3 is 2.47 bits per heavy atom. The molecule has 8 heteroatoms. The van der Waals surface area contributed by atoms with Gasteiger partial charge in [-0.25, -0.2) is 15.3 Å². The highest BCUT2D eigenvalue weighted by Gasteiger charge is 2.25. The Morgan fingerprint density at radius 1 is 1.06 bits per heavy atom. The average Bonchev–Trinajstić information content (AvgIpc) is 3.14. The summed E-state index contributed by atoms with van der Waals surface area (Å²) in [5, 5.41) is 2.69. The molecule has 182 valence electrons. The van der Waals surface area contributed by atoms with Crippen molar-refractivity contribution >= 4 is 23.0 Å². The molecule has 0 aliphatic heterocycles. The molecule has 1 heterocycles. The smallest absolute Gasteiger partial charge is 0.408 e. The number of para-hydroxylation sites is 2. The zero-order valence-corrected chi connectivity index (χ0v) is 20.3. The lowest BCUT2D eigenvalue weighted by atomic mass is 10.1. The van der Waals surface area contributed by atoms with Crippen molar-refractivity contribution in [2.24, 2.45) is 0 Å². The second-order valence-electron chi connectivity index (χ2n) is 9.15. The molecule has 0 aliphatic carbocycles. The minimum absolute atomic E-state index is 0.220. The zero-order chi connectivity index (χ0) is 24.6. The first-order valence-corrected chi connectivity index (χ1v) is 11.7. The molecule has 1 aromatic heterocycles. The number of rotatable bonds is 10. The number of hydroxylamine groups is 1. The van der Waals surface area contributed by atoms with E-state index >= 15 is 0 Å².